The number of thiophene rings is 1. The Kier molecular flexibility index (Phi) is 7.42. The van der Waals surface area contributed by atoms with Crippen molar-refractivity contribution in [1.29, 1.82) is 0 Å². The zero-order chi connectivity index (χ0) is 23.2. The van der Waals surface area contributed by atoms with E-state index in [2.05, 4.69) is 137 Å². The van der Waals surface area contributed by atoms with Crippen molar-refractivity contribution in [3.05, 3.63) is 129 Å². The third-order valence-electron chi connectivity index (χ3n) is 5.84. The molecule has 0 saturated carbocycles. The molecule has 0 fully saturated rings. The molecule has 4 aromatic rings. The highest BCUT2D eigenvalue weighted by molar-refractivity contribution is 7.13. The molecule has 1 aromatic heterocycles. The van der Waals surface area contributed by atoms with Crippen LogP contribution in [0.15, 0.2) is 97.1 Å². The van der Waals surface area contributed by atoms with E-state index >= 15 is 0 Å². The molecular formula is C32H32S. The fourth-order valence-corrected chi connectivity index (χ4v) is 5.02. The van der Waals surface area contributed by atoms with Gasteiger partial charge in [0, 0.05) is 9.75 Å². The number of allylic oxidation sites excluding steroid dienone is 1. The lowest BCUT2D eigenvalue weighted by Gasteiger charge is -2.12. The number of hydrogen-bond donors (Lipinski definition) is 0. The summed E-state index contributed by atoms with van der Waals surface area (Å²) in [4.78, 5) is 2.74. The van der Waals surface area contributed by atoms with Crippen molar-refractivity contribution in [2.45, 2.75) is 33.6 Å². The molecule has 33 heavy (non-hydrogen) atoms. The molecule has 0 nitrogen and oxygen atoms in total. The highest BCUT2D eigenvalue weighted by Gasteiger charge is 2.11. The van der Waals surface area contributed by atoms with Gasteiger partial charge in [-0.05, 0) is 63.4 Å². The van der Waals surface area contributed by atoms with Gasteiger partial charge in [0.1, 0.15) is 0 Å². The predicted octanol–water partition coefficient (Wildman–Crippen LogP) is 9.66. The number of rotatable bonds is 7. The van der Waals surface area contributed by atoms with Crippen LogP contribution >= 0.6 is 11.3 Å². The molecule has 0 amide bonds. The van der Waals surface area contributed by atoms with Crippen molar-refractivity contribution < 1.29 is 0 Å². The third-order valence-corrected chi connectivity index (χ3v) is 7.26. The minimum atomic E-state index is 0.464. The standard InChI is InChI=1S/C32H32S/c1-23(2)29(27-11-7-5-8-12-27)21-25-15-17-26(18-16-25)22-30(28-13-9-6-10-14-28)32-20-19-31(33-32)24(3)4/h5-24H,1-4H3/b29-21-,30-22+. The summed E-state index contributed by atoms with van der Waals surface area (Å²) in [6.07, 6.45) is 4.64. The SMILES string of the molecule is CC(C)/C(=C/c1ccc(/C=C(\c2ccccc2)c2ccc(C(C)C)s2)cc1)c1ccccc1. The average molecular weight is 449 g/mol. The molecule has 0 aliphatic carbocycles. The van der Waals surface area contributed by atoms with Gasteiger partial charge in [0.2, 0.25) is 0 Å². The summed E-state index contributed by atoms with van der Waals surface area (Å²) in [5.41, 5.74) is 7.65. The fraction of sp³-hybridized carbons (Fsp3) is 0.188. The Labute approximate surface area is 203 Å². The van der Waals surface area contributed by atoms with Crippen molar-refractivity contribution >= 4 is 34.6 Å². The zero-order valence-electron chi connectivity index (χ0n) is 20.0. The molecule has 0 aliphatic heterocycles. The lowest BCUT2D eigenvalue weighted by Crippen LogP contribution is -1.93. The van der Waals surface area contributed by atoms with Gasteiger partial charge in [-0.1, -0.05) is 119 Å². The lowest BCUT2D eigenvalue weighted by atomic mass is 9.93. The summed E-state index contributed by atoms with van der Waals surface area (Å²) in [5, 5.41) is 0. The molecular weight excluding hydrogens is 416 g/mol. The molecule has 0 aliphatic rings. The first-order valence-corrected chi connectivity index (χ1v) is 12.6. The molecule has 4 rings (SSSR count). The number of hydrogen-bond acceptors (Lipinski definition) is 1. The summed E-state index contributed by atoms with van der Waals surface area (Å²) in [6, 6.07) is 34.9. The minimum absolute atomic E-state index is 0.464. The first kappa shape index (κ1) is 23.0. The largest absolute Gasteiger partial charge is 0.140 e. The fourth-order valence-electron chi connectivity index (χ4n) is 3.97. The predicted molar refractivity (Wildman–Crippen MR) is 147 cm³/mol. The van der Waals surface area contributed by atoms with Crippen LogP contribution in [0.4, 0.5) is 0 Å². The van der Waals surface area contributed by atoms with Crippen LogP contribution in [0.3, 0.4) is 0 Å². The Morgan fingerprint density at radius 1 is 0.606 bits per heavy atom. The second-order valence-electron chi connectivity index (χ2n) is 9.07. The van der Waals surface area contributed by atoms with Crippen LogP contribution in [0, 0.1) is 5.92 Å². The second-order valence-corrected chi connectivity index (χ2v) is 10.2. The molecule has 0 spiro atoms. The van der Waals surface area contributed by atoms with Crippen LogP contribution in [0.2, 0.25) is 0 Å². The first-order valence-electron chi connectivity index (χ1n) is 11.8. The summed E-state index contributed by atoms with van der Waals surface area (Å²) >= 11 is 1.90. The summed E-state index contributed by atoms with van der Waals surface area (Å²) in [6.45, 7) is 9.03. The van der Waals surface area contributed by atoms with Crippen molar-refractivity contribution in [2.75, 3.05) is 0 Å². The van der Waals surface area contributed by atoms with Crippen LogP contribution < -0.4 is 0 Å². The van der Waals surface area contributed by atoms with E-state index in [9.17, 15) is 0 Å². The van der Waals surface area contributed by atoms with Gasteiger partial charge in [-0.25, -0.2) is 0 Å². The Morgan fingerprint density at radius 2 is 1.15 bits per heavy atom. The van der Waals surface area contributed by atoms with Gasteiger partial charge in [0.25, 0.3) is 0 Å². The first-order chi connectivity index (χ1) is 16.0. The van der Waals surface area contributed by atoms with Crippen LogP contribution in [0.25, 0.3) is 23.3 Å². The van der Waals surface area contributed by atoms with Crippen molar-refractivity contribution in [3.8, 4) is 0 Å². The number of benzene rings is 3. The van der Waals surface area contributed by atoms with Crippen LogP contribution in [-0.2, 0) is 0 Å². The van der Waals surface area contributed by atoms with E-state index in [0.29, 0.717) is 11.8 Å². The maximum atomic E-state index is 2.32. The van der Waals surface area contributed by atoms with Crippen molar-refractivity contribution in [3.63, 3.8) is 0 Å². The quantitative estimate of drug-likeness (QED) is 0.247. The van der Waals surface area contributed by atoms with Crippen LogP contribution in [0.1, 0.15) is 65.6 Å². The van der Waals surface area contributed by atoms with Gasteiger partial charge in [0.15, 0.2) is 0 Å². The van der Waals surface area contributed by atoms with E-state index in [1.165, 1.54) is 43.2 Å². The Balaban J connectivity index is 1.69. The van der Waals surface area contributed by atoms with Gasteiger partial charge < -0.3 is 0 Å². The topological polar surface area (TPSA) is 0 Å². The maximum absolute atomic E-state index is 2.32. The molecule has 0 atom stereocenters. The second kappa shape index (κ2) is 10.6. The molecule has 0 unspecified atom stereocenters. The van der Waals surface area contributed by atoms with E-state index in [4.69, 9.17) is 0 Å². The van der Waals surface area contributed by atoms with E-state index < -0.39 is 0 Å². The average Bonchev–Trinajstić information content (AvgIpc) is 3.33. The molecule has 166 valence electrons. The lowest BCUT2D eigenvalue weighted by molar-refractivity contribution is 0.859. The van der Waals surface area contributed by atoms with Crippen molar-refractivity contribution in [1.82, 2.24) is 0 Å². The highest BCUT2D eigenvalue weighted by Crippen LogP contribution is 2.34. The smallest absolute Gasteiger partial charge is 0.0351 e. The normalized spacial score (nSPS) is 12.5. The molecule has 1 heteroatoms. The van der Waals surface area contributed by atoms with E-state index in [1.807, 2.05) is 11.3 Å². The monoisotopic (exact) mass is 448 g/mol. The van der Waals surface area contributed by atoms with Crippen molar-refractivity contribution in [2.24, 2.45) is 5.92 Å². The van der Waals surface area contributed by atoms with E-state index in [-0.39, 0.29) is 0 Å². The molecule has 3 aromatic carbocycles. The van der Waals surface area contributed by atoms with Gasteiger partial charge in [-0.3, -0.25) is 0 Å². The molecule has 0 bridgehead atoms. The summed E-state index contributed by atoms with van der Waals surface area (Å²) in [7, 11) is 0. The molecule has 0 N–H and O–H groups in total. The van der Waals surface area contributed by atoms with Gasteiger partial charge in [0.05, 0.1) is 0 Å². The summed E-state index contributed by atoms with van der Waals surface area (Å²) in [5.74, 6) is 1.01. The third kappa shape index (κ3) is 5.80. The van der Waals surface area contributed by atoms with Crippen LogP contribution in [0.5, 0.6) is 0 Å². The van der Waals surface area contributed by atoms with Gasteiger partial charge in [-0.15, -0.1) is 11.3 Å². The Hall–Kier alpha value is -3.16. The van der Waals surface area contributed by atoms with E-state index in [1.54, 1.807) is 0 Å². The molecule has 0 radical (unpaired) electrons. The van der Waals surface area contributed by atoms with Gasteiger partial charge in [-0.2, -0.15) is 0 Å². The van der Waals surface area contributed by atoms with Gasteiger partial charge >= 0.3 is 0 Å². The summed E-state index contributed by atoms with van der Waals surface area (Å²) < 4.78 is 0. The minimum Gasteiger partial charge on any atom is -0.140 e. The van der Waals surface area contributed by atoms with E-state index in [0.717, 1.165) is 0 Å². The Morgan fingerprint density at radius 3 is 1.67 bits per heavy atom. The molecule has 1 heterocycles. The highest BCUT2D eigenvalue weighted by atomic mass is 32.1. The Bertz CT molecular complexity index is 1220. The molecule has 0 saturated heterocycles. The zero-order valence-corrected chi connectivity index (χ0v) is 20.8. The van der Waals surface area contributed by atoms with Crippen LogP contribution in [-0.4, -0.2) is 0 Å². The maximum Gasteiger partial charge on any atom is 0.0351 e.